The predicted molar refractivity (Wildman–Crippen MR) is 62.5 cm³/mol. The SMILES string of the molecule is CCOC(CN(CC)CC1CCC1)C(=O)O. The molecule has 1 fully saturated rings. The number of carboxylic acid groups (broad SMARTS) is 1. The van der Waals surface area contributed by atoms with E-state index in [1.165, 1.54) is 19.3 Å². The summed E-state index contributed by atoms with van der Waals surface area (Å²) in [5.74, 6) is -0.0788. The van der Waals surface area contributed by atoms with Gasteiger partial charge < -0.3 is 14.7 Å². The van der Waals surface area contributed by atoms with Gasteiger partial charge in [-0.3, -0.25) is 0 Å². The van der Waals surface area contributed by atoms with Crippen molar-refractivity contribution in [3.8, 4) is 0 Å². The summed E-state index contributed by atoms with van der Waals surface area (Å²) in [6.07, 6.45) is 3.24. The number of hydrogen-bond donors (Lipinski definition) is 1. The topological polar surface area (TPSA) is 49.8 Å². The third-order valence-corrected chi connectivity index (χ3v) is 3.26. The van der Waals surface area contributed by atoms with Crippen molar-refractivity contribution in [2.45, 2.75) is 39.2 Å². The van der Waals surface area contributed by atoms with E-state index < -0.39 is 12.1 Å². The highest BCUT2D eigenvalue weighted by Crippen LogP contribution is 2.27. The molecule has 1 N–H and O–H groups in total. The van der Waals surface area contributed by atoms with Crippen LogP contribution in [0.3, 0.4) is 0 Å². The fourth-order valence-electron chi connectivity index (χ4n) is 2.01. The molecule has 0 spiro atoms. The Morgan fingerprint density at radius 2 is 2.19 bits per heavy atom. The van der Waals surface area contributed by atoms with Gasteiger partial charge in [0.2, 0.25) is 0 Å². The van der Waals surface area contributed by atoms with E-state index >= 15 is 0 Å². The van der Waals surface area contributed by atoms with E-state index in [4.69, 9.17) is 9.84 Å². The van der Waals surface area contributed by atoms with Gasteiger partial charge in [0.15, 0.2) is 6.10 Å². The summed E-state index contributed by atoms with van der Waals surface area (Å²) in [6, 6.07) is 0. The molecule has 0 aromatic rings. The monoisotopic (exact) mass is 229 g/mol. The summed E-state index contributed by atoms with van der Waals surface area (Å²) in [7, 11) is 0. The molecule has 1 aliphatic carbocycles. The van der Waals surface area contributed by atoms with Crippen LogP contribution in [0.4, 0.5) is 0 Å². The van der Waals surface area contributed by atoms with Crippen LogP contribution >= 0.6 is 0 Å². The Bertz CT molecular complexity index is 216. The first-order valence-electron chi connectivity index (χ1n) is 6.24. The van der Waals surface area contributed by atoms with Gasteiger partial charge in [-0.25, -0.2) is 4.79 Å². The first-order chi connectivity index (χ1) is 7.67. The fourth-order valence-corrected chi connectivity index (χ4v) is 2.01. The summed E-state index contributed by atoms with van der Waals surface area (Å²) < 4.78 is 5.23. The molecule has 4 heteroatoms. The summed E-state index contributed by atoms with van der Waals surface area (Å²) in [5.41, 5.74) is 0. The molecule has 1 rings (SSSR count). The summed E-state index contributed by atoms with van der Waals surface area (Å²) in [4.78, 5) is 13.2. The molecule has 0 bridgehead atoms. The normalized spacial score (nSPS) is 18.4. The molecular formula is C12H23NO3. The Balaban J connectivity index is 2.35. The molecule has 1 saturated carbocycles. The van der Waals surface area contributed by atoms with Gasteiger partial charge in [0.1, 0.15) is 0 Å². The Morgan fingerprint density at radius 1 is 1.50 bits per heavy atom. The van der Waals surface area contributed by atoms with Crippen LogP contribution in [0.5, 0.6) is 0 Å². The van der Waals surface area contributed by atoms with Crippen LogP contribution in [0, 0.1) is 5.92 Å². The van der Waals surface area contributed by atoms with Crippen molar-refractivity contribution in [1.82, 2.24) is 4.90 Å². The number of rotatable bonds is 8. The van der Waals surface area contributed by atoms with Crippen LogP contribution < -0.4 is 0 Å². The van der Waals surface area contributed by atoms with Gasteiger partial charge in [-0.2, -0.15) is 0 Å². The van der Waals surface area contributed by atoms with Gasteiger partial charge in [0, 0.05) is 19.7 Å². The van der Waals surface area contributed by atoms with E-state index in [0.717, 1.165) is 19.0 Å². The zero-order valence-electron chi connectivity index (χ0n) is 10.3. The van der Waals surface area contributed by atoms with E-state index in [9.17, 15) is 4.79 Å². The molecule has 1 aliphatic rings. The molecule has 0 amide bonds. The molecule has 0 aromatic carbocycles. The van der Waals surface area contributed by atoms with Crippen molar-refractivity contribution in [2.75, 3.05) is 26.2 Å². The third-order valence-electron chi connectivity index (χ3n) is 3.26. The van der Waals surface area contributed by atoms with Crippen LogP contribution in [-0.4, -0.2) is 48.3 Å². The first-order valence-corrected chi connectivity index (χ1v) is 6.24. The van der Waals surface area contributed by atoms with Gasteiger partial charge in [-0.15, -0.1) is 0 Å². The van der Waals surface area contributed by atoms with Crippen LogP contribution in [0.25, 0.3) is 0 Å². The average Bonchev–Trinajstić information content (AvgIpc) is 2.19. The number of nitrogens with zero attached hydrogens (tertiary/aromatic N) is 1. The Labute approximate surface area is 97.6 Å². The van der Waals surface area contributed by atoms with Crippen molar-refractivity contribution < 1.29 is 14.6 Å². The lowest BCUT2D eigenvalue weighted by molar-refractivity contribution is -0.151. The molecular weight excluding hydrogens is 206 g/mol. The minimum Gasteiger partial charge on any atom is -0.479 e. The number of carbonyl (C=O) groups is 1. The number of hydrogen-bond acceptors (Lipinski definition) is 3. The molecule has 16 heavy (non-hydrogen) atoms. The zero-order chi connectivity index (χ0) is 12.0. The average molecular weight is 229 g/mol. The van der Waals surface area contributed by atoms with Crippen molar-refractivity contribution >= 4 is 5.97 Å². The van der Waals surface area contributed by atoms with E-state index in [0.29, 0.717) is 13.2 Å². The minimum atomic E-state index is -0.853. The molecule has 94 valence electrons. The zero-order valence-corrected chi connectivity index (χ0v) is 10.3. The van der Waals surface area contributed by atoms with E-state index in [1.54, 1.807) is 0 Å². The summed E-state index contributed by atoms with van der Waals surface area (Å²) in [6.45, 7) is 6.79. The quantitative estimate of drug-likeness (QED) is 0.687. The Morgan fingerprint density at radius 3 is 2.56 bits per heavy atom. The number of aliphatic carboxylic acids is 1. The lowest BCUT2D eigenvalue weighted by Gasteiger charge is -2.32. The smallest absolute Gasteiger partial charge is 0.334 e. The standard InChI is InChI=1S/C12H23NO3/c1-3-13(8-10-6-5-7-10)9-11(12(14)15)16-4-2/h10-11H,3-9H2,1-2H3,(H,14,15). The molecule has 0 saturated heterocycles. The second-order valence-electron chi connectivity index (χ2n) is 4.43. The maximum Gasteiger partial charge on any atom is 0.334 e. The van der Waals surface area contributed by atoms with Crippen LogP contribution in [0.1, 0.15) is 33.1 Å². The van der Waals surface area contributed by atoms with Gasteiger partial charge in [-0.05, 0) is 32.2 Å². The third kappa shape index (κ3) is 4.10. The van der Waals surface area contributed by atoms with Crippen molar-refractivity contribution in [3.63, 3.8) is 0 Å². The molecule has 1 unspecified atom stereocenters. The predicted octanol–water partition coefficient (Wildman–Crippen LogP) is 1.60. The molecule has 0 aliphatic heterocycles. The van der Waals surface area contributed by atoms with Crippen LogP contribution in [-0.2, 0) is 9.53 Å². The molecule has 0 radical (unpaired) electrons. The highest BCUT2D eigenvalue weighted by Gasteiger charge is 2.24. The van der Waals surface area contributed by atoms with E-state index in [2.05, 4.69) is 11.8 Å². The Hall–Kier alpha value is -0.610. The lowest BCUT2D eigenvalue weighted by atomic mass is 9.85. The minimum absolute atomic E-state index is 0.456. The maximum atomic E-state index is 11.0. The highest BCUT2D eigenvalue weighted by atomic mass is 16.5. The van der Waals surface area contributed by atoms with Crippen molar-refractivity contribution in [2.24, 2.45) is 5.92 Å². The molecule has 0 aromatic heterocycles. The maximum absolute atomic E-state index is 11.0. The summed E-state index contributed by atoms with van der Waals surface area (Å²) >= 11 is 0. The van der Waals surface area contributed by atoms with Gasteiger partial charge in [-0.1, -0.05) is 13.3 Å². The van der Waals surface area contributed by atoms with E-state index in [1.807, 2.05) is 6.92 Å². The molecule has 0 heterocycles. The molecule has 4 nitrogen and oxygen atoms in total. The van der Waals surface area contributed by atoms with Crippen molar-refractivity contribution in [1.29, 1.82) is 0 Å². The van der Waals surface area contributed by atoms with Gasteiger partial charge in [0.25, 0.3) is 0 Å². The second kappa shape index (κ2) is 6.86. The molecule has 1 atom stereocenters. The number of ether oxygens (including phenoxy) is 1. The highest BCUT2D eigenvalue weighted by molar-refractivity contribution is 5.72. The van der Waals surface area contributed by atoms with Crippen LogP contribution in [0.2, 0.25) is 0 Å². The van der Waals surface area contributed by atoms with Gasteiger partial charge in [0.05, 0.1) is 0 Å². The van der Waals surface area contributed by atoms with Gasteiger partial charge >= 0.3 is 5.97 Å². The van der Waals surface area contributed by atoms with Crippen molar-refractivity contribution in [3.05, 3.63) is 0 Å². The number of likely N-dealkylation sites (N-methyl/N-ethyl adjacent to an activating group) is 1. The second-order valence-corrected chi connectivity index (χ2v) is 4.43. The fraction of sp³-hybridized carbons (Fsp3) is 0.917. The van der Waals surface area contributed by atoms with E-state index in [-0.39, 0.29) is 0 Å². The largest absolute Gasteiger partial charge is 0.479 e. The summed E-state index contributed by atoms with van der Waals surface area (Å²) in [5, 5.41) is 9.00. The number of carboxylic acids is 1. The lowest BCUT2D eigenvalue weighted by Crippen LogP contribution is -2.41. The first kappa shape index (κ1) is 13.5. The Kier molecular flexibility index (Phi) is 5.77. The van der Waals surface area contributed by atoms with Crippen LogP contribution in [0.15, 0.2) is 0 Å².